The molecule has 104 valence electrons. The maximum absolute atomic E-state index is 12.2. The van der Waals surface area contributed by atoms with Crippen LogP contribution >= 0.6 is 0 Å². The highest BCUT2D eigenvalue weighted by Gasteiger charge is 2.10. The van der Waals surface area contributed by atoms with Crippen LogP contribution in [0.4, 0.5) is 11.4 Å². The van der Waals surface area contributed by atoms with Crippen LogP contribution in [-0.2, 0) is 0 Å². The standard InChI is InChI=1S/C17H20N2O/c1-13(2)12-18-17(20)15-10-6-7-11-16(15)19-14-8-4-3-5-9-14/h3-11,13,19H,12H2,1-2H3,(H,18,20). The van der Waals surface area contributed by atoms with Crippen molar-refractivity contribution >= 4 is 17.3 Å². The summed E-state index contributed by atoms with van der Waals surface area (Å²) in [4.78, 5) is 12.2. The number of rotatable bonds is 5. The summed E-state index contributed by atoms with van der Waals surface area (Å²) in [5, 5.41) is 6.23. The highest BCUT2D eigenvalue weighted by Crippen LogP contribution is 2.20. The average molecular weight is 268 g/mol. The summed E-state index contributed by atoms with van der Waals surface area (Å²) in [5.41, 5.74) is 2.45. The number of benzene rings is 2. The predicted molar refractivity (Wildman–Crippen MR) is 83.3 cm³/mol. The van der Waals surface area contributed by atoms with Gasteiger partial charge in [-0.3, -0.25) is 4.79 Å². The summed E-state index contributed by atoms with van der Waals surface area (Å²) < 4.78 is 0. The van der Waals surface area contributed by atoms with Gasteiger partial charge in [0.15, 0.2) is 0 Å². The van der Waals surface area contributed by atoms with E-state index in [4.69, 9.17) is 0 Å². The van der Waals surface area contributed by atoms with Gasteiger partial charge in [0.1, 0.15) is 0 Å². The van der Waals surface area contributed by atoms with Crippen molar-refractivity contribution in [1.29, 1.82) is 0 Å². The smallest absolute Gasteiger partial charge is 0.253 e. The molecule has 0 bridgehead atoms. The number of hydrogen-bond acceptors (Lipinski definition) is 2. The largest absolute Gasteiger partial charge is 0.355 e. The van der Waals surface area contributed by atoms with Crippen LogP contribution < -0.4 is 10.6 Å². The fourth-order valence-corrected chi connectivity index (χ4v) is 1.86. The number of nitrogens with one attached hydrogen (secondary N) is 2. The molecule has 3 nitrogen and oxygen atoms in total. The molecule has 2 N–H and O–H groups in total. The molecule has 20 heavy (non-hydrogen) atoms. The quantitative estimate of drug-likeness (QED) is 0.865. The first-order valence-electron chi connectivity index (χ1n) is 6.86. The molecule has 0 aliphatic heterocycles. The number of hydrogen-bond donors (Lipinski definition) is 2. The van der Waals surface area contributed by atoms with E-state index in [0.717, 1.165) is 11.4 Å². The molecule has 2 aromatic carbocycles. The van der Waals surface area contributed by atoms with Crippen LogP contribution in [0.2, 0.25) is 0 Å². The van der Waals surface area contributed by atoms with E-state index >= 15 is 0 Å². The van der Waals surface area contributed by atoms with Crippen molar-refractivity contribution in [3.63, 3.8) is 0 Å². The van der Waals surface area contributed by atoms with Crippen LogP contribution in [0.5, 0.6) is 0 Å². The summed E-state index contributed by atoms with van der Waals surface area (Å²) in [7, 11) is 0. The first kappa shape index (κ1) is 14.1. The minimum Gasteiger partial charge on any atom is -0.355 e. The number of carbonyl (C=O) groups is 1. The highest BCUT2D eigenvalue weighted by molar-refractivity contribution is 6.00. The van der Waals surface area contributed by atoms with Crippen LogP contribution in [0.15, 0.2) is 54.6 Å². The Hall–Kier alpha value is -2.29. The Labute approximate surface area is 120 Å². The molecular weight excluding hydrogens is 248 g/mol. The normalized spacial score (nSPS) is 10.3. The molecular formula is C17H20N2O. The Morgan fingerprint density at radius 3 is 2.35 bits per heavy atom. The lowest BCUT2D eigenvalue weighted by Gasteiger charge is -2.13. The van der Waals surface area contributed by atoms with Crippen LogP contribution in [0.1, 0.15) is 24.2 Å². The van der Waals surface area contributed by atoms with Gasteiger partial charge >= 0.3 is 0 Å². The molecule has 1 amide bonds. The first-order valence-corrected chi connectivity index (χ1v) is 6.86. The summed E-state index contributed by atoms with van der Waals surface area (Å²) in [6.45, 7) is 4.83. The van der Waals surface area contributed by atoms with Crippen LogP contribution in [0, 0.1) is 5.92 Å². The molecule has 0 spiro atoms. The molecule has 0 aromatic heterocycles. The van der Waals surface area contributed by atoms with Crippen LogP contribution in [0.25, 0.3) is 0 Å². The number of para-hydroxylation sites is 2. The van der Waals surface area contributed by atoms with Gasteiger partial charge in [0, 0.05) is 12.2 Å². The highest BCUT2D eigenvalue weighted by atomic mass is 16.1. The van der Waals surface area contributed by atoms with Gasteiger partial charge in [0.25, 0.3) is 5.91 Å². The molecule has 3 heteroatoms. The van der Waals surface area contributed by atoms with Gasteiger partial charge in [-0.1, -0.05) is 44.2 Å². The van der Waals surface area contributed by atoms with Crippen molar-refractivity contribution in [3.05, 3.63) is 60.2 Å². The van der Waals surface area contributed by atoms with Gasteiger partial charge in [-0.05, 0) is 30.2 Å². The minimum atomic E-state index is -0.0438. The molecule has 2 aromatic rings. The molecule has 0 atom stereocenters. The van der Waals surface area contributed by atoms with Crippen molar-refractivity contribution in [1.82, 2.24) is 5.32 Å². The Kier molecular flexibility index (Phi) is 4.77. The fraction of sp³-hybridized carbons (Fsp3) is 0.235. The van der Waals surface area contributed by atoms with Crippen molar-refractivity contribution in [2.24, 2.45) is 5.92 Å². The van der Waals surface area contributed by atoms with Crippen LogP contribution in [-0.4, -0.2) is 12.5 Å². The van der Waals surface area contributed by atoms with Crippen molar-refractivity contribution < 1.29 is 4.79 Å². The second kappa shape index (κ2) is 6.75. The summed E-state index contributed by atoms with van der Waals surface area (Å²) in [6, 6.07) is 17.4. The number of carbonyl (C=O) groups excluding carboxylic acids is 1. The van der Waals surface area contributed by atoms with E-state index in [1.54, 1.807) is 0 Å². The third-order valence-electron chi connectivity index (χ3n) is 2.90. The fourth-order valence-electron chi connectivity index (χ4n) is 1.86. The molecule has 0 unspecified atom stereocenters. The Balaban J connectivity index is 2.16. The Morgan fingerprint density at radius 1 is 1.00 bits per heavy atom. The second-order valence-corrected chi connectivity index (χ2v) is 5.14. The van der Waals surface area contributed by atoms with E-state index in [1.807, 2.05) is 54.6 Å². The summed E-state index contributed by atoms with van der Waals surface area (Å²) >= 11 is 0. The van der Waals surface area contributed by atoms with E-state index < -0.39 is 0 Å². The van der Waals surface area contributed by atoms with Gasteiger partial charge in [0.2, 0.25) is 0 Å². The summed E-state index contributed by atoms with van der Waals surface area (Å²) in [6.07, 6.45) is 0. The Bertz CT molecular complexity index is 564. The second-order valence-electron chi connectivity index (χ2n) is 5.14. The third kappa shape index (κ3) is 3.85. The molecule has 0 saturated heterocycles. The van der Waals surface area contributed by atoms with E-state index in [-0.39, 0.29) is 5.91 Å². The molecule has 0 fully saturated rings. The monoisotopic (exact) mass is 268 g/mol. The number of amides is 1. The number of anilines is 2. The molecule has 0 saturated carbocycles. The van der Waals surface area contributed by atoms with Gasteiger partial charge in [-0.15, -0.1) is 0 Å². The SMILES string of the molecule is CC(C)CNC(=O)c1ccccc1Nc1ccccc1. The van der Waals surface area contributed by atoms with Gasteiger partial charge in [-0.2, -0.15) is 0 Å². The topological polar surface area (TPSA) is 41.1 Å². The summed E-state index contributed by atoms with van der Waals surface area (Å²) in [5.74, 6) is 0.394. The zero-order valence-electron chi connectivity index (χ0n) is 11.9. The molecule has 2 rings (SSSR count). The average Bonchev–Trinajstić information content (AvgIpc) is 2.46. The lowest BCUT2D eigenvalue weighted by molar-refractivity contribution is 0.0950. The zero-order valence-corrected chi connectivity index (χ0v) is 11.9. The Morgan fingerprint density at radius 2 is 1.65 bits per heavy atom. The molecule has 0 radical (unpaired) electrons. The van der Waals surface area contributed by atoms with Gasteiger partial charge < -0.3 is 10.6 Å². The maximum Gasteiger partial charge on any atom is 0.253 e. The van der Waals surface area contributed by atoms with Crippen molar-refractivity contribution in [2.45, 2.75) is 13.8 Å². The molecule has 0 heterocycles. The lowest BCUT2D eigenvalue weighted by Crippen LogP contribution is -2.27. The van der Waals surface area contributed by atoms with E-state index in [0.29, 0.717) is 18.0 Å². The predicted octanol–water partition coefficient (Wildman–Crippen LogP) is 3.82. The molecule has 0 aliphatic rings. The first-order chi connectivity index (χ1) is 9.66. The van der Waals surface area contributed by atoms with Crippen molar-refractivity contribution in [2.75, 3.05) is 11.9 Å². The minimum absolute atomic E-state index is 0.0438. The van der Waals surface area contributed by atoms with Gasteiger partial charge in [-0.25, -0.2) is 0 Å². The zero-order chi connectivity index (χ0) is 14.4. The van der Waals surface area contributed by atoms with Crippen molar-refractivity contribution in [3.8, 4) is 0 Å². The van der Waals surface area contributed by atoms with E-state index in [9.17, 15) is 4.79 Å². The molecule has 0 aliphatic carbocycles. The lowest BCUT2D eigenvalue weighted by atomic mass is 10.1. The van der Waals surface area contributed by atoms with Gasteiger partial charge in [0.05, 0.1) is 11.3 Å². The van der Waals surface area contributed by atoms with E-state index in [1.165, 1.54) is 0 Å². The maximum atomic E-state index is 12.2. The van der Waals surface area contributed by atoms with Crippen LogP contribution in [0.3, 0.4) is 0 Å². The third-order valence-corrected chi connectivity index (χ3v) is 2.90. The van der Waals surface area contributed by atoms with E-state index in [2.05, 4.69) is 24.5 Å².